The molecule has 1 aliphatic carbocycles. The fraction of sp³-hybridized carbons (Fsp3) is 0.333. The van der Waals surface area contributed by atoms with Gasteiger partial charge in [0.15, 0.2) is 0 Å². The Morgan fingerprint density at radius 3 is 2.15 bits per heavy atom. The Morgan fingerprint density at radius 2 is 1.56 bits per heavy atom. The van der Waals surface area contributed by atoms with Crippen LogP contribution in [0.25, 0.3) is 11.1 Å². The lowest BCUT2D eigenvalue weighted by Gasteiger charge is -2.30. The Kier molecular flexibility index (Phi) is 7.50. The van der Waals surface area contributed by atoms with Crippen LogP contribution in [-0.2, 0) is 22.1 Å². The molecule has 0 radical (unpaired) electrons. The molecule has 1 aliphatic heterocycles. The number of hydrogen-bond acceptors (Lipinski definition) is 4. The molecule has 0 spiro atoms. The van der Waals surface area contributed by atoms with Crippen molar-refractivity contribution in [2.75, 3.05) is 24.6 Å². The number of aliphatic carboxylic acids is 1. The first kappa shape index (κ1) is 26.6. The van der Waals surface area contributed by atoms with Crippen molar-refractivity contribution in [3.05, 3.63) is 89.0 Å². The average Bonchev–Trinajstić information content (AvgIpc) is 3.25. The Labute approximate surface area is 224 Å². The molecule has 204 valence electrons. The van der Waals surface area contributed by atoms with E-state index in [2.05, 4.69) is 5.32 Å². The predicted octanol–water partition coefficient (Wildman–Crippen LogP) is 6.23. The van der Waals surface area contributed by atoms with Gasteiger partial charge in [-0.2, -0.15) is 13.2 Å². The van der Waals surface area contributed by atoms with Crippen LogP contribution in [0.5, 0.6) is 0 Å². The number of nitrogens with zero attached hydrogens (tertiary/aromatic N) is 1. The molecule has 5 rings (SSSR count). The van der Waals surface area contributed by atoms with Crippen LogP contribution in [0.3, 0.4) is 0 Å². The van der Waals surface area contributed by atoms with Crippen molar-refractivity contribution < 1.29 is 32.6 Å². The van der Waals surface area contributed by atoms with Crippen LogP contribution in [0.2, 0.25) is 0 Å². The van der Waals surface area contributed by atoms with Crippen LogP contribution in [0, 0.1) is 0 Å². The summed E-state index contributed by atoms with van der Waals surface area (Å²) >= 11 is 0. The number of halogens is 3. The second kappa shape index (κ2) is 11.0. The zero-order valence-electron chi connectivity index (χ0n) is 21.2. The molecule has 39 heavy (non-hydrogen) atoms. The number of alkyl carbamates (subject to hydrolysis) is 1. The lowest BCUT2D eigenvalue weighted by Crippen LogP contribution is -2.43. The minimum atomic E-state index is -4.67. The second-order valence-corrected chi connectivity index (χ2v) is 9.95. The van der Waals surface area contributed by atoms with Gasteiger partial charge in [0.1, 0.15) is 12.6 Å². The summed E-state index contributed by atoms with van der Waals surface area (Å²) < 4.78 is 47.3. The molecule has 1 fully saturated rings. The smallest absolute Gasteiger partial charge is 0.416 e. The van der Waals surface area contributed by atoms with Gasteiger partial charge >= 0.3 is 18.2 Å². The molecule has 9 heteroatoms. The molecule has 1 heterocycles. The van der Waals surface area contributed by atoms with Crippen LogP contribution < -0.4 is 10.2 Å². The van der Waals surface area contributed by atoms with E-state index in [9.17, 15) is 27.9 Å². The molecule has 2 N–H and O–H groups in total. The molecule has 6 nitrogen and oxygen atoms in total. The lowest BCUT2D eigenvalue weighted by atomic mass is 9.98. The average molecular weight is 539 g/mol. The van der Waals surface area contributed by atoms with E-state index in [0.717, 1.165) is 47.6 Å². The lowest BCUT2D eigenvalue weighted by molar-refractivity contribution is -0.141. The van der Waals surface area contributed by atoms with Gasteiger partial charge < -0.3 is 20.1 Å². The number of benzene rings is 3. The molecule has 1 saturated heterocycles. The van der Waals surface area contributed by atoms with E-state index in [1.807, 2.05) is 53.4 Å². The summed E-state index contributed by atoms with van der Waals surface area (Å²) in [5.41, 5.74) is 3.43. The molecule has 0 bridgehead atoms. The number of carbonyl (C=O) groups excluding carboxylic acids is 1. The third-order valence-electron chi connectivity index (χ3n) is 7.48. The highest BCUT2D eigenvalue weighted by Crippen LogP contribution is 2.44. The maximum atomic E-state index is 14.0. The molecule has 1 unspecified atom stereocenters. The van der Waals surface area contributed by atoms with E-state index < -0.39 is 36.3 Å². The van der Waals surface area contributed by atoms with Crippen LogP contribution in [0.4, 0.5) is 23.7 Å². The Bertz CT molecular complexity index is 1320. The van der Waals surface area contributed by atoms with Gasteiger partial charge in [-0.1, -0.05) is 54.6 Å². The number of alkyl halides is 3. The van der Waals surface area contributed by atoms with Gasteiger partial charge in [0.2, 0.25) is 0 Å². The van der Waals surface area contributed by atoms with Crippen molar-refractivity contribution in [3.63, 3.8) is 0 Å². The number of carboxylic acids is 1. The van der Waals surface area contributed by atoms with Crippen LogP contribution in [-0.4, -0.2) is 42.9 Å². The van der Waals surface area contributed by atoms with Gasteiger partial charge in [-0.3, -0.25) is 0 Å². The van der Waals surface area contributed by atoms with Crippen molar-refractivity contribution >= 4 is 17.7 Å². The van der Waals surface area contributed by atoms with Gasteiger partial charge in [-0.05, 0) is 59.2 Å². The zero-order valence-corrected chi connectivity index (χ0v) is 21.2. The largest absolute Gasteiger partial charge is 0.480 e. The highest BCUT2D eigenvalue weighted by Gasteiger charge is 2.36. The number of anilines is 1. The highest BCUT2D eigenvalue weighted by atomic mass is 19.4. The summed E-state index contributed by atoms with van der Waals surface area (Å²) in [4.78, 5) is 26.5. The summed E-state index contributed by atoms with van der Waals surface area (Å²) in [5.74, 6) is -1.68. The van der Waals surface area contributed by atoms with Crippen molar-refractivity contribution in [3.8, 4) is 11.1 Å². The van der Waals surface area contributed by atoms with Crippen LogP contribution in [0.1, 0.15) is 47.4 Å². The molecular weight excluding hydrogens is 509 g/mol. The summed E-state index contributed by atoms with van der Waals surface area (Å²) in [7, 11) is 0. The summed E-state index contributed by atoms with van der Waals surface area (Å²) in [6.45, 7) is 1.32. The van der Waals surface area contributed by atoms with Gasteiger partial charge in [-0.25, -0.2) is 9.59 Å². The number of piperidine rings is 1. The molecule has 3 aromatic carbocycles. The summed E-state index contributed by atoms with van der Waals surface area (Å²) in [6, 6.07) is 17.9. The first-order valence-electron chi connectivity index (χ1n) is 13.0. The van der Waals surface area contributed by atoms with Crippen molar-refractivity contribution in [2.45, 2.75) is 43.8 Å². The fourth-order valence-corrected chi connectivity index (χ4v) is 5.56. The molecule has 0 saturated carbocycles. The Morgan fingerprint density at radius 1 is 0.949 bits per heavy atom. The van der Waals surface area contributed by atoms with Crippen molar-refractivity contribution in [2.24, 2.45) is 0 Å². The van der Waals surface area contributed by atoms with Gasteiger partial charge in [0.25, 0.3) is 0 Å². The summed E-state index contributed by atoms with van der Waals surface area (Å²) in [6.07, 6.45) is -3.34. The Hall–Kier alpha value is -4.01. The topological polar surface area (TPSA) is 78.9 Å². The van der Waals surface area contributed by atoms with Crippen LogP contribution in [0.15, 0.2) is 66.7 Å². The van der Waals surface area contributed by atoms with Gasteiger partial charge in [0, 0.05) is 31.1 Å². The molecule has 1 atom stereocenters. The second-order valence-electron chi connectivity index (χ2n) is 9.95. The number of amides is 1. The quantitative estimate of drug-likeness (QED) is 0.373. The SMILES string of the molecule is O=C(NC(Cc1ccc(N2CCCCC2)cc1C(F)(F)F)C(=O)O)OCC1c2ccccc2-c2ccccc21. The molecule has 0 aromatic heterocycles. The number of carbonyl (C=O) groups is 2. The minimum absolute atomic E-state index is 0.0372. The monoisotopic (exact) mass is 538 g/mol. The molecular formula is C30H29F3N2O4. The number of hydrogen-bond donors (Lipinski definition) is 2. The van der Waals surface area contributed by atoms with Gasteiger partial charge in [-0.15, -0.1) is 0 Å². The first-order valence-corrected chi connectivity index (χ1v) is 13.0. The molecule has 3 aromatic rings. The standard InChI is InChI=1S/C30H29F3N2O4/c31-30(32,33)26-17-20(35-14-6-1-7-15-35)13-12-19(26)16-27(28(36)37)34-29(38)39-18-25-23-10-4-2-8-21(23)22-9-3-5-11-24(22)25/h2-5,8-13,17,25,27H,1,6-7,14-16,18H2,(H,34,38)(H,36,37). The number of rotatable bonds is 7. The Balaban J connectivity index is 1.29. The third-order valence-corrected chi connectivity index (χ3v) is 7.48. The summed E-state index contributed by atoms with van der Waals surface area (Å²) in [5, 5.41) is 12.0. The van der Waals surface area contributed by atoms with Gasteiger partial charge in [0.05, 0.1) is 5.56 Å². The van der Waals surface area contributed by atoms with E-state index in [1.165, 1.54) is 6.07 Å². The number of fused-ring (bicyclic) bond motifs is 3. The van der Waals surface area contributed by atoms with E-state index in [4.69, 9.17) is 4.74 Å². The van der Waals surface area contributed by atoms with E-state index >= 15 is 0 Å². The molecule has 2 aliphatic rings. The normalized spacial score (nSPS) is 15.8. The molecule has 1 amide bonds. The van der Waals surface area contributed by atoms with Crippen LogP contribution >= 0.6 is 0 Å². The van der Waals surface area contributed by atoms with Crippen molar-refractivity contribution in [1.82, 2.24) is 5.32 Å². The number of nitrogens with one attached hydrogen (secondary N) is 1. The van der Waals surface area contributed by atoms with E-state index in [1.54, 1.807) is 6.07 Å². The van der Waals surface area contributed by atoms with Crippen molar-refractivity contribution in [1.29, 1.82) is 0 Å². The number of ether oxygens (including phenoxy) is 1. The maximum absolute atomic E-state index is 14.0. The first-order chi connectivity index (χ1) is 18.7. The highest BCUT2D eigenvalue weighted by molar-refractivity contribution is 5.81. The minimum Gasteiger partial charge on any atom is -0.480 e. The van der Waals surface area contributed by atoms with E-state index in [-0.39, 0.29) is 18.1 Å². The number of carboxylic acid groups (broad SMARTS) is 1. The maximum Gasteiger partial charge on any atom is 0.416 e. The third kappa shape index (κ3) is 5.72. The fourth-order valence-electron chi connectivity index (χ4n) is 5.56. The predicted molar refractivity (Wildman–Crippen MR) is 141 cm³/mol. The van der Waals surface area contributed by atoms with E-state index in [0.29, 0.717) is 18.8 Å². The zero-order chi connectivity index (χ0) is 27.6.